The number of nitrogen functional groups attached to an aromatic ring is 1. The van der Waals surface area contributed by atoms with Gasteiger partial charge >= 0.3 is 0 Å². The molecule has 1 rings (SSSR count). The second-order valence-electron chi connectivity index (χ2n) is 3.82. The molecule has 1 atom stereocenters. The summed E-state index contributed by atoms with van der Waals surface area (Å²) in [5, 5.41) is 7.65. The summed E-state index contributed by atoms with van der Waals surface area (Å²) in [5.74, 6) is 1.46. The molecule has 1 aromatic heterocycles. The van der Waals surface area contributed by atoms with Crippen LogP contribution < -0.4 is 5.73 Å². The Labute approximate surface area is 84.2 Å². The first-order valence-electron chi connectivity index (χ1n) is 4.78. The normalized spacial score (nSPS) is 13.4. The van der Waals surface area contributed by atoms with Crippen LogP contribution >= 0.6 is 0 Å². The summed E-state index contributed by atoms with van der Waals surface area (Å²) in [7, 11) is 1.71. The topological polar surface area (TPSA) is 66.0 Å². The smallest absolute Gasteiger partial charge is 0.165 e. The van der Waals surface area contributed by atoms with Crippen LogP contribution in [0.5, 0.6) is 0 Å². The van der Waals surface area contributed by atoms with Gasteiger partial charge in [0, 0.05) is 19.6 Å². The molecular formula is C9H18N4O. The highest BCUT2D eigenvalue weighted by molar-refractivity contribution is 5.19. The van der Waals surface area contributed by atoms with Crippen molar-refractivity contribution in [2.45, 2.75) is 20.4 Å². The number of methoxy groups -OCH3 is 1. The average Bonchev–Trinajstić information content (AvgIpc) is 2.50. The Hall–Kier alpha value is -1.10. The number of nitrogens with two attached hydrogens (primary N) is 1. The van der Waals surface area contributed by atoms with Crippen molar-refractivity contribution >= 4 is 5.82 Å². The number of nitrogens with zero attached hydrogens (tertiary/aromatic N) is 3. The molecule has 0 amide bonds. The third kappa shape index (κ3) is 2.99. The minimum absolute atomic E-state index is 0.445. The van der Waals surface area contributed by atoms with Crippen LogP contribution in [0, 0.1) is 11.8 Å². The van der Waals surface area contributed by atoms with E-state index in [1.807, 2.05) is 0 Å². The fourth-order valence-electron chi connectivity index (χ4n) is 1.31. The molecular weight excluding hydrogens is 180 g/mol. The zero-order valence-electron chi connectivity index (χ0n) is 8.97. The van der Waals surface area contributed by atoms with Crippen LogP contribution in [-0.4, -0.2) is 28.7 Å². The Morgan fingerprint density at radius 3 is 2.71 bits per heavy atom. The molecule has 0 aliphatic heterocycles. The maximum Gasteiger partial charge on any atom is 0.165 e. The highest BCUT2D eigenvalue weighted by atomic mass is 16.5. The van der Waals surface area contributed by atoms with Crippen molar-refractivity contribution in [2.75, 3.05) is 19.5 Å². The largest absolute Gasteiger partial charge is 0.384 e. The lowest BCUT2D eigenvalue weighted by Gasteiger charge is -2.19. The first-order chi connectivity index (χ1) is 6.63. The molecule has 0 fully saturated rings. The lowest BCUT2D eigenvalue weighted by atomic mass is 9.97. The minimum Gasteiger partial charge on any atom is -0.384 e. The minimum atomic E-state index is 0.445. The number of rotatable bonds is 5. The van der Waals surface area contributed by atoms with Crippen LogP contribution in [-0.2, 0) is 11.3 Å². The quantitative estimate of drug-likeness (QED) is 0.759. The van der Waals surface area contributed by atoms with Crippen molar-refractivity contribution in [1.82, 2.24) is 15.0 Å². The fourth-order valence-corrected chi connectivity index (χ4v) is 1.31. The Kier molecular flexibility index (Phi) is 3.88. The van der Waals surface area contributed by atoms with E-state index in [2.05, 4.69) is 24.2 Å². The van der Waals surface area contributed by atoms with E-state index in [0.717, 1.165) is 13.2 Å². The predicted molar refractivity (Wildman–Crippen MR) is 54.6 cm³/mol. The molecule has 1 unspecified atom stereocenters. The molecule has 0 aromatic carbocycles. The summed E-state index contributed by atoms with van der Waals surface area (Å²) in [6.07, 6.45) is 1.74. The SMILES string of the molecule is COCC(Cn1cc(N)nn1)C(C)C. The highest BCUT2D eigenvalue weighted by Crippen LogP contribution is 2.13. The summed E-state index contributed by atoms with van der Waals surface area (Å²) in [4.78, 5) is 0. The van der Waals surface area contributed by atoms with Crippen LogP contribution in [0.3, 0.4) is 0 Å². The maximum atomic E-state index is 5.48. The van der Waals surface area contributed by atoms with Gasteiger partial charge in [-0.05, 0) is 5.92 Å². The van der Waals surface area contributed by atoms with Crippen LogP contribution in [0.15, 0.2) is 6.20 Å². The van der Waals surface area contributed by atoms with E-state index in [1.54, 1.807) is 18.0 Å². The molecule has 0 radical (unpaired) electrons. The van der Waals surface area contributed by atoms with Crippen LogP contribution in [0.25, 0.3) is 0 Å². The highest BCUT2D eigenvalue weighted by Gasteiger charge is 2.14. The van der Waals surface area contributed by atoms with E-state index in [-0.39, 0.29) is 0 Å². The van der Waals surface area contributed by atoms with Gasteiger partial charge in [0.05, 0.1) is 12.8 Å². The molecule has 5 nitrogen and oxygen atoms in total. The van der Waals surface area contributed by atoms with Crippen molar-refractivity contribution < 1.29 is 4.74 Å². The predicted octanol–water partition coefficient (Wildman–Crippen LogP) is 0.779. The van der Waals surface area contributed by atoms with Crippen LogP contribution in [0.2, 0.25) is 0 Å². The molecule has 0 saturated carbocycles. The molecule has 0 aliphatic rings. The van der Waals surface area contributed by atoms with Crippen molar-refractivity contribution in [1.29, 1.82) is 0 Å². The summed E-state index contributed by atoms with van der Waals surface area (Å²) < 4.78 is 6.91. The average molecular weight is 198 g/mol. The van der Waals surface area contributed by atoms with Crippen molar-refractivity contribution in [2.24, 2.45) is 11.8 Å². The van der Waals surface area contributed by atoms with Gasteiger partial charge in [-0.25, -0.2) is 4.68 Å². The third-order valence-corrected chi connectivity index (χ3v) is 2.30. The Bertz CT molecular complexity index is 272. The van der Waals surface area contributed by atoms with E-state index < -0.39 is 0 Å². The van der Waals surface area contributed by atoms with Crippen LogP contribution in [0.4, 0.5) is 5.82 Å². The van der Waals surface area contributed by atoms with Crippen molar-refractivity contribution in [3.8, 4) is 0 Å². The van der Waals surface area contributed by atoms with Gasteiger partial charge in [-0.1, -0.05) is 19.1 Å². The lowest BCUT2D eigenvalue weighted by Crippen LogP contribution is -2.21. The molecule has 0 aliphatic carbocycles. The molecule has 5 heteroatoms. The Morgan fingerprint density at radius 2 is 2.29 bits per heavy atom. The fraction of sp³-hybridized carbons (Fsp3) is 0.778. The van der Waals surface area contributed by atoms with Crippen molar-refractivity contribution in [3.63, 3.8) is 0 Å². The molecule has 0 saturated heterocycles. The first-order valence-corrected chi connectivity index (χ1v) is 4.78. The number of aromatic nitrogens is 3. The second kappa shape index (κ2) is 4.95. The standard InChI is InChI=1S/C9H18N4O/c1-7(2)8(6-14-3)4-13-5-9(10)11-12-13/h5,7-8H,4,6,10H2,1-3H3. The zero-order chi connectivity index (χ0) is 10.6. The molecule has 1 heterocycles. The number of hydrogen-bond acceptors (Lipinski definition) is 4. The van der Waals surface area contributed by atoms with E-state index in [9.17, 15) is 0 Å². The monoisotopic (exact) mass is 198 g/mol. The van der Waals surface area contributed by atoms with E-state index in [1.165, 1.54) is 0 Å². The van der Waals surface area contributed by atoms with Gasteiger partial charge < -0.3 is 10.5 Å². The molecule has 0 bridgehead atoms. The summed E-state index contributed by atoms with van der Waals surface area (Å²) >= 11 is 0. The first kappa shape index (κ1) is 11.0. The summed E-state index contributed by atoms with van der Waals surface area (Å²) in [5.41, 5.74) is 5.48. The van der Waals surface area contributed by atoms with Crippen molar-refractivity contribution in [3.05, 3.63) is 6.20 Å². The molecule has 2 N–H and O–H groups in total. The van der Waals surface area contributed by atoms with Gasteiger partial charge in [0.25, 0.3) is 0 Å². The van der Waals surface area contributed by atoms with E-state index >= 15 is 0 Å². The zero-order valence-corrected chi connectivity index (χ0v) is 8.97. The third-order valence-electron chi connectivity index (χ3n) is 2.30. The van der Waals surface area contributed by atoms with Gasteiger partial charge in [-0.2, -0.15) is 0 Å². The summed E-state index contributed by atoms with van der Waals surface area (Å²) in [6.45, 7) is 5.88. The van der Waals surface area contributed by atoms with Gasteiger partial charge in [-0.3, -0.25) is 0 Å². The lowest BCUT2D eigenvalue weighted by molar-refractivity contribution is 0.116. The molecule has 1 aromatic rings. The van der Waals surface area contributed by atoms with Gasteiger partial charge in [-0.15, -0.1) is 5.10 Å². The Balaban J connectivity index is 2.55. The molecule has 80 valence electrons. The molecule has 0 spiro atoms. The van der Waals surface area contributed by atoms with Crippen LogP contribution in [0.1, 0.15) is 13.8 Å². The maximum absolute atomic E-state index is 5.48. The second-order valence-corrected chi connectivity index (χ2v) is 3.82. The number of hydrogen-bond donors (Lipinski definition) is 1. The van der Waals surface area contributed by atoms with Gasteiger partial charge in [0.15, 0.2) is 5.82 Å². The molecule has 14 heavy (non-hydrogen) atoms. The van der Waals surface area contributed by atoms with E-state index in [0.29, 0.717) is 17.7 Å². The van der Waals surface area contributed by atoms with E-state index in [4.69, 9.17) is 10.5 Å². The number of anilines is 1. The summed E-state index contributed by atoms with van der Waals surface area (Å²) in [6, 6.07) is 0. The van der Waals surface area contributed by atoms with Gasteiger partial charge in [0.2, 0.25) is 0 Å². The number of ether oxygens (including phenoxy) is 1. The Morgan fingerprint density at radius 1 is 1.57 bits per heavy atom. The van der Waals surface area contributed by atoms with Gasteiger partial charge in [0.1, 0.15) is 0 Å².